The van der Waals surface area contributed by atoms with Gasteiger partial charge in [-0.1, -0.05) is 12.1 Å². The first-order chi connectivity index (χ1) is 14.1. The molecule has 2 heterocycles. The summed E-state index contributed by atoms with van der Waals surface area (Å²) in [5.74, 6) is -0.271. The molecule has 0 saturated heterocycles. The van der Waals surface area contributed by atoms with Crippen molar-refractivity contribution in [1.82, 2.24) is 9.38 Å². The summed E-state index contributed by atoms with van der Waals surface area (Å²) in [6, 6.07) is 19.8. The smallest absolute Gasteiger partial charge is 0.258 e. The van der Waals surface area contributed by atoms with E-state index in [1.54, 1.807) is 48.3 Å². The average Bonchev–Trinajstić information content (AvgIpc) is 2.73. The van der Waals surface area contributed by atoms with Crippen LogP contribution in [0.5, 0.6) is 0 Å². The van der Waals surface area contributed by atoms with E-state index >= 15 is 0 Å². The molecule has 1 amide bonds. The van der Waals surface area contributed by atoms with Crippen molar-refractivity contribution in [2.24, 2.45) is 0 Å². The molecule has 144 valence electrons. The van der Waals surface area contributed by atoms with Crippen LogP contribution in [-0.4, -0.2) is 15.3 Å². The largest absolute Gasteiger partial charge is 0.322 e. The number of nitrogens with one attached hydrogen (secondary N) is 1. The maximum absolute atomic E-state index is 13.2. The molecular weight excluding hydrogens is 389 g/mol. The maximum atomic E-state index is 13.2. The second-order valence-corrected chi connectivity index (χ2v) is 7.34. The standard InChI is InChI=1S/C22H16FN3O2S/c23-16-5-3-4-15(12-16)22(28)25-17-7-9-19(10-8-17)29-14-18-13-21(27)26-11-2-1-6-20(26)24-18/h1-13H,14H2,(H,25,28). The highest BCUT2D eigenvalue weighted by molar-refractivity contribution is 7.98. The number of carbonyl (C=O) groups excluding carboxylic acids is 1. The lowest BCUT2D eigenvalue weighted by Crippen LogP contribution is -2.14. The summed E-state index contributed by atoms with van der Waals surface area (Å²) in [5, 5.41) is 2.74. The van der Waals surface area contributed by atoms with Crippen LogP contribution in [-0.2, 0) is 5.75 Å². The summed E-state index contributed by atoms with van der Waals surface area (Å²) >= 11 is 1.54. The maximum Gasteiger partial charge on any atom is 0.258 e. The normalized spacial score (nSPS) is 10.8. The van der Waals surface area contributed by atoms with E-state index in [9.17, 15) is 14.0 Å². The number of aromatic nitrogens is 2. The molecule has 0 bridgehead atoms. The Morgan fingerprint density at radius 1 is 1.03 bits per heavy atom. The van der Waals surface area contributed by atoms with Crippen molar-refractivity contribution in [1.29, 1.82) is 0 Å². The van der Waals surface area contributed by atoms with Crippen molar-refractivity contribution in [3.05, 3.63) is 106 Å². The summed E-state index contributed by atoms with van der Waals surface area (Å²) in [4.78, 5) is 29.8. The fraction of sp³-hybridized carbons (Fsp3) is 0.0455. The first-order valence-electron chi connectivity index (χ1n) is 8.85. The molecule has 0 atom stereocenters. The molecular formula is C22H16FN3O2S. The highest BCUT2D eigenvalue weighted by atomic mass is 32.2. The molecule has 0 aliphatic rings. The van der Waals surface area contributed by atoms with Gasteiger partial charge in [-0.15, -0.1) is 11.8 Å². The molecule has 29 heavy (non-hydrogen) atoms. The Bertz CT molecular complexity index is 1240. The number of benzene rings is 2. The van der Waals surface area contributed by atoms with Crippen LogP contribution in [0.2, 0.25) is 0 Å². The molecule has 2 aromatic heterocycles. The first-order valence-corrected chi connectivity index (χ1v) is 9.84. The fourth-order valence-electron chi connectivity index (χ4n) is 2.80. The van der Waals surface area contributed by atoms with Gasteiger partial charge in [0.25, 0.3) is 11.5 Å². The van der Waals surface area contributed by atoms with Crippen molar-refractivity contribution in [2.45, 2.75) is 10.6 Å². The first kappa shape index (κ1) is 18.9. The van der Waals surface area contributed by atoms with Crippen molar-refractivity contribution >= 4 is 29.0 Å². The number of anilines is 1. The highest BCUT2D eigenvalue weighted by Gasteiger charge is 2.07. The molecule has 2 aromatic carbocycles. The fourth-order valence-corrected chi connectivity index (χ4v) is 3.59. The number of nitrogens with zero attached hydrogens (tertiary/aromatic N) is 2. The lowest BCUT2D eigenvalue weighted by Gasteiger charge is -2.07. The van der Waals surface area contributed by atoms with Gasteiger partial charge in [0.1, 0.15) is 11.5 Å². The van der Waals surface area contributed by atoms with Gasteiger partial charge in [0.2, 0.25) is 0 Å². The Morgan fingerprint density at radius 2 is 1.86 bits per heavy atom. The topological polar surface area (TPSA) is 63.5 Å². The van der Waals surface area contributed by atoms with E-state index in [0.29, 0.717) is 22.8 Å². The third kappa shape index (κ3) is 4.52. The molecule has 0 aliphatic carbocycles. The number of thioether (sulfide) groups is 1. The highest BCUT2D eigenvalue weighted by Crippen LogP contribution is 2.23. The van der Waals surface area contributed by atoms with E-state index in [1.165, 1.54) is 28.7 Å². The van der Waals surface area contributed by atoms with Gasteiger partial charge in [-0.2, -0.15) is 0 Å². The van der Waals surface area contributed by atoms with Gasteiger partial charge < -0.3 is 5.32 Å². The summed E-state index contributed by atoms with van der Waals surface area (Å²) in [5.41, 5.74) is 2.09. The van der Waals surface area contributed by atoms with Crippen molar-refractivity contribution < 1.29 is 9.18 Å². The van der Waals surface area contributed by atoms with Crippen LogP contribution >= 0.6 is 11.8 Å². The number of rotatable bonds is 5. The van der Waals surface area contributed by atoms with E-state index in [4.69, 9.17) is 0 Å². The van der Waals surface area contributed by atoms with Crippen LogP contribution in [0.3, 0.4) is 0 Å². The molecule has 0 radical (unpaired) electrons. The third-order valence-electron chi connectivity index (χ3n) is 4.21. The van der Waals surface area contributed by atoms with Gasteiger partial charge in [-0.05, 0) is 54.6 Å². The van der Waals surface area contributed by atoms with E-state index in [1.807, 2.05) is 18.2 Å². The van der Waals surface area contributed by atoms with Gasteiger partial charge in [-0.3, -0.25) is 14.0 Å². The summed E-state index contributed by atoms with van der Waals surface area (Å²) in [7, 11) is 0. The summed E-state index contributed by atoms with van der Waals surface area (Å²) in [6.45, 7) is 0. The molecule has 5 nitrogen and oxygen atoms in total. The number of carbonyl (C=O) groups is 1. The minimum Gasteiger partial charge on any atom is -0.322 e. The zero-order valence-corrected chi connectivity index (χ0v) is 16.0. The predicted octanol–water partition coefficient (Wildman–Crippen LogP) is 4.38. The second kappa shape index (κ2) is 8.28. The zero-order valence-electron chi connectivity index (χ0n) is 15.2. The van der Waals surface area contributed by atoms with Crippen LogP contribution in [0.4, 0.5) is 10.1 Å². The van der Waals surface area contributed by atoms with Gasteiger partial charge in [0.15, 0.2) is 0 Å². The van der Waals surface area contributed by atoms with Gasteiger partial charge in [0, 0.05) is 34.2 Å². The van der Waals surface area contributed by atoms with E-state index < -0.39 is 5.82 Å². The molecule has 7 heteroatoms. The second-order valence-electron chi connectivity index (χ2n) is 6.29. The Kier molecular flexibility index (Phi) is 5.39. The molecule has 0 unspecified atom stereocenters. The van der Waals surface area contributed by atoms with Crippen LogP contribution < -0.4 is 10.9 Å². The lowest BCUT2D eigenvalue weighted by molar-refractivity contribution is 0.102. The van der Waals surface area contributed by atoms with Gasteiger partial charge in [-0.25, -0.2) is 9.37 Å². The minimum atomic E-state index is -0.452. The van der Waals surface area contributed by atoms with Crippen LogP contribution in [0.1, 0.15) is 16.1 Å². The monoisotopic (exact) mass is 405 g/mol. The molecule has 1 N–H and O–H groups in total. The molecule has 0 saturated carbocycles. The van der Waals surface area contributed by atoms with Crippen molar-refractivity contribution in [2.75, 3.05) is 5.32 Å². The van der Waals surface area contributed by atoms with Crippen molar-refractivity contribution in [3.8, 4) is 0 Å². The number of fused-ring (bicyclic) bond motifs is 1. The van der Waals surface area contributed by atoms with E-state index in [0.717, 1.165) is 4.90 Å². The number of amides is 1. The molecule has 0 aliphatic heterocycles. The molecule has 4 rings (SSSR count). The third-order valence-corrected chi connectivity index (χ3v) is 5.26. The van der Waals surface area contributed by atoms with Crippen LogP contribution in [0.15, 0.2) is 88.7 Å². The summed E-state index contributed by atoms with van der Waals surface area (Å²) < 4.78 is 14.8. The van der Waals surface area contributed by atoms with Gasteiger partial charge in [0.05, 0.1) is 5.69 Å². The van der Waals surface area contributed by atoms with E-state index in [2.05, 4.69) is 10.3 Å². The molecule has 0 spiro atoms. The van der Waals surface area contributed by atoms with Crippen LogP contribution in [0.25, 0.3) is 5.65 Å². The Morgan fingerprint density at radius 3 is 2.66 bits per heavy atom. The average molecular weight is 405 g/mol. The Hall–Kier alpha value is -3.45. The van der Waals surface area contributed by atoms with Gasteiger partial charge >= 0.3 is 0 Å². The Balaban J connectivity index is 1.41. The SMILES string of the molecule is O=C(Nc1ccc(SCc2cc(=O)n3ccccc3n2)cc1)c1cccc(F)c1. The van der Waals surface area contributed by atoms with Crippen LogP contribution in [0, 0.1) is 5.82 Å². The number of halogens is 1. The Labute approximate surface area is 170 Å². The predicted molar refractivity (Wildman–Crippen MR) is 112 cm³/mol. The zero-order chi connectivity index (χ0) is 20.2. The number of hydrogen-bond donors (Lipinski definition) is 1. The van der Waals surface area contributed by atoms with E-state index in [-0.39, 0.29) is 17.0 Å². The minimum absolute atomic E-state index is 0.110. The quantitative estimate of drug-likeness (QED) is 0.501. The molecule has 4 aromatic rings. The summed E-state index contributed by atoms with van der Waals surface area (Å²) in [6.07, 6.45) is 1.69. The van der Waals surface area contributed by atoms with Crippen molar-refractivity contribution in [3.63, 3.8) is 0 Å². The number of hydrogen-bond acceptors (Lipinski definition) is 4. The molecule has 0 fully saturated rings. The number of pyridine rings is 1. The lowest BCUT2D eigenvalue weighted by atomic mass is 10.2.